The summed E-state index contributed by atoms with van der Waals surface area (Å²) >= 11 is 0. The van der Waals surface area contributed by atoms with Crippen LogP contribution in [0.15, 0.2) is 0 Å². The van der Waals surface area contributed by atoms with E-state index in [2.05, 4.69) is 0 Å². The van der Waals surface area contributed by atoms with Gasteiger partial charge < -0.3 is 10.00 Å². The number of aliphatic hydroxyl groups excluding tert-OH is 1. The van der Waals surface area contributed by atoms with Gasteiger partial charge in [-0.1, -0.05) is 26.7 Å². The lowest BCUT2D eigenvalue weighted by molar-refractivity contribution is 0.327. The van der Waals surface area contributed by atoms with Gasteiger partial charge in [0.05, 0.1) is 0 Å². The predicted octanol–water partition coefficient (Wildman–Crippen LogP) is 1.79. The first kappa shape index (κ1) is 11.2. The molecule has 3 nitrogen and oxygen atoms in total. The molecular weight excluding hydrogens is 163 g/mol. The van der Waals surface area contributed by atoms with Crippen molar-refractivity contribution in [2.45, 2.75) is 38.8 Å². The third kappa shape index (κ3) is 3.90. The van der Waals surface area contributed by atoms with Crippen LogP contribution < -0.4 is 0 Å². The van der Waals surface area contributed by atoms with Crippen LogP contribution in [0.2, 0.25) is 0 Å². The minimum atomic E-state index is -3.24. The Morgan fingerprint density at radius 3 is 2.45 bits per heavy atom. The fourth-order valence-corrected chi connectivity index (χ4v) is 1.71. The Labute approximate surface area is 67.9 Å². The highest BCUT2D eigenvalue weighted by atomic mass is 31.2. The summed E-state index contributed by atoms with van der Waals surface area (Å²) in [6.07, 6.45) is 2.12. The molecule has 0 aromatic carbocycles. The van der Waals surface area contributed by atoms with E-state index in [1.165, 1.54) is 0 Å². The Morgan fingerprint density at radius 1 is 1.55 bits per heavy atom. The van der Waals surface area contributed by atoms with E-state index in [0.717, 1.165) is 19.3 Å². The zero-order chi connectivity index (χ0) is 8.91. The van der Waals surface area contributed by atoms with Gasteiger partial charge in [0.25, 0.3) is 0 Å². The molecule has 0 saturated carbocycles. The molecule has 0 aromatic rings. The summed E-state index contributed by atoms with van der Waals surface area (Å²) in [5.41, 5.74) is -0.257. The van der Waals surface area contributed by atoms with Crippen molar-refractivity contribution in [3.05, 3.63) is 0 Å². The van der Waals surface area contributed by atoms with Crippen LogP contribution in [0, 0.1) is 0 Å². The fraction of sp³-hybridized carbons (Fsp3) is 1.00. The Morgan fingerprint density at radius 2 is 2.09 bits per heavy atom. The van der Waals surface area contributed by atoms with Crippen molar-refractivity contribution in [3.8, 4) is 0 Å². The van der Waals surface area contributed by atoms with Crippen LogP contribution >= 0.6 is 7.37 Å². The molecule has 2 unspecified atom stereocenters. The molecule has 0 aliphatic heterocycles. The summed E-state index contributed by atoms with van der Waals surface area (Å²) in [5.74, 6) is 0. The molecule has 0 spiro atoms. The molecular formula is C7H17O3P. The molecule has 0 radical (unpaired) electrons. The molecule has 0 aliphatic rings. The van der Waals surface area contributed by atoms with Gasteiger partial charge in [0.15, 0.2) is 0 Å². The molecule has 0 heterocycles. The van der Waals surface area contributed by atoms with E-state index in [9.17, 15) is 4.57 Å². The first-order valence-corrected chi connectivity index (χ1v) is 5.88. The highest BCUT2D eigenvalue weighted by molar-refractivity contribution is 7.58. The highest BCUT2D eigenvalue weighted by Crippen LogP contribution is 2.46. The first-order chi connectivity index (χ1) is 5.04. The number of hydrogen-bond donors (Lipinski definition) is 2. The molecule has 0 amide bonds. The van der Waals surface area contributed by atoms with Gasteiger partial charge in [-0.15, -0.1) is 0 Å². The Kier molecular flexibility index (Phi) is 4.98. The standard InChI is InChI=1S/C7H17O3P/c1-3-4-5-7(2)11(9,10)6-8/h7-8H,3-6H2,1-2H3,(H,9,10). The summed E-state index contributed by atoms with van der Waals surface area (Å²) in [5, 5.41) is 8.55. The quantitative estimate of drug-likeness (QED) is 0.634. The van der Waals surface area contributed by atoms with E-state index in [1.54, 1.807) is 6.92 Å². The number of unbranched alkanes of at least 4 members (excludes halogenated alkanes) is 1. The molecule has 0 bridgehead atoms. The van der Waals surface area contributed by atoms with E-state index in [1.807, 2.05) is 6.92 Å². The van der Waals surface area contributed by atoms with Crippen LogP contribution in [-0.4, -0.2) is 22.0 Å². The van der Waals surface area contributed by atoms with Crippen molar-refractivity contribution < 1.29 is 14.6 Å². The Hall–Kier alpha value is 0.150. The minimum Gasteiger partial charge on any atom is -0.386 e. The second kappa shape index (κ2) is 4.91. The third-order valence-corrected chi connectivity index (χ3v) is 3.91. The van der Waals surface area contributed by atoms with E-state index in [0.29, 0.717) is 0 Å². The van der Waals surface area contributed by atoms with Crippen LogP contribution in [-0.2, 0) is 4.57 Å². The fourth-order valence-electron chi connectivity index (χ4n) is 0.841. The number of aliphatic hydroxyl groups is 1. The minimum absolute atomic E-state index is 0.257. The van der Waals surface area contributed by atoms with Gasteiger partial charge in [-0.3, -0.25) is 4.57 Å². The second-order valence-corrected chi connectivity index (χ2v) is 5.56. The third-order valence-electron chi connectivity index (χ3n) is 1.87. The maximum Gasteiger partial charge on any atom is 0.227 e. The van der Waals surface area contributed by atoms with Gasteiger partial charge in [0, 0.05) is 5.66 Å². The maximum atomic E-state index is 11.1. The van der Waals surface area contributed by atoms with Crippen LogP contribution in [0.1, 0.15) is 33.1 Å². The molecule has 2 N–H and O–H groups in total. The van der Waals surface area contributed by atoms with Gasteiger partial charge in [-0.05, 0) is 6.42 Å². The molecule has 0 fully saturated rings. The van der Waals surface area contributed by atoms with Gasteiger partial charge in [-0.25, -0.2) is 0 Å². The average Bonchev–Trinajstić information content (AvgIpc) is 2.00. The molecule has 0 rings (SSSR count). The van der Waals surface area contributed by atoms with Crippen LogP contribution in [0.25, 0.3) is 0 Å². The summed E-state index contributed by atoms with van der Waals surface area (Å²) < 4.78 is 11.1. The largest absolute Gasteiger partial charge is 0.386 e. The van der Waals surface area contributed by atoms with Gasteiger partial charge >= 0.3 is 0 Å². The first-order valence-electron chi connectivity index (χ1n) is 3.97. The topological polar surface area (TPSA) is 57.5 Å². The van der Waals surface area contributed by atoms with Crippen molar-refractivity contribution in [1.29, 1.82) is 0 Å². The molecule has 0 aromatic heterocycles. The maximum absolute atomic E-state index is 11.1. The van der Waals surface area contributed by atoms with E-state index < -0.39 is 13.7 Å². The number of hydrogen-bond acceptors (Lipinski definition) is 2. The number of rotatable bonds is 5. The van der Waals surface area contributed by atoms with Crippen LogP contribution in [0.4, 0.5) is 0 Å². The van der Waals surface area contributed by atoms with E-state index in [4.69, 9.17) is 10.00 Å². The highest BCUT2D eigenvalue weighted by Gasteiger charge is 2.24. The average molecular weight is 180 g/mol. The zero-order valence-corrected chi connectivity index (χ0v) is 8.05. The van der Waals surface area contributed by atoms with Crippen molar-refractivity contribution in [2.24, 2.45) is 0 Å². The van der Waals surface area contributed by atoms with Gasteiger partial charge in [0.2, 0.25) is 7.37 Å². The van der Waals surface area contributed by atoms with E-state index >= 15 is 0 Å². The van der Waals surface area contributed by atoms with Crippen LogP contribution in [0.3, 0.4) is 0 Å². The van der Waals surface area contributed by atoms with Crippen molar-refractivity contribution >= 4 is 7.37 Å². The van der Waals surface area contributed by atoms with Crippen molar-refractivity contribution in [1.82, 2.24) is 0 Å². The molecule has 11 heavy (non-hydrogen) atoms. The lowest BCUT2D eigenvalue weighted by Gasteiger charge is -2.15. The summed E-state index contributed by atoms with van der Waals surface area (Å²) in [6, 6.07) is 0. The Bertz CT molecular complexity index is 147. The van der Waals surface area contributed by atoms with Gasteiger partial charge in [0.1, 0.15) is 6.35 Å². The SMILES string of the molecule is CCCCC(C)P(=O)(O)CO. The Balaban J connectivity index is 3.81. The van der Waals surface area contributed by atoms with Crippen molar-refractivity contribution in [2.75, 3.05) is 6.35 Å². The smallest absolute Gasteiger partial charge is 0.227 e. The monoisotopic (exact) mass is 180 g/mol. The van der Waals surface area contributed by atoms with Crippen molar-refractivity contribution in [3.63, 3.8) is 0 Å². The summed E-state index contributed by atoms with van der Waals surface area (Å²) in [4.78, 5) is 9.12. The lowest BCUT2D eigenvalue weighted by Crippen LogP contribution is -2.05. The molecule has 0 saturated heterocycles. The summed E-state index contributed by atoms with van der Waals surface area (Å²) in [6.45, 7) is 3.75. The summed E-state index contributed by atoms with van der Waals surface area (Å²) in [7, 11) is -3.24. The lowest BCUT2D eigenvalue weighted by atomic mass is 10.2. The second-order valence-electron chi connectivity index (χ2n) is 2.89. The molecule has 2 atom stereocenters. The predicted molar refractivity (Wildman–Crippen MR) is 45.9 cm³/mol. The molecule has 0 aliphatic carbocycles. The molecule has 68 valence electrons. The van der Waals surface area contributed by atoms with Crippen LogP contribution in [0.5, 0.6) is 0 Å². The zero-order valence-electron chi connectivity index (χ0n) is 7.16. The normalized spacial score (nSPS) is 19.3. The van der Waals surface area contributed by atoms with Gasteiger partial charge in [-0.2, -0.15) is 0 Å². The molecule has 4 heteroatoms. The van der Waals surface area contributed by atoms with E-state index in [-0.39, 0.29) is 5.66 Å².